The van der Waals surface area contributed by atoms with Crippen LogP contribution in [0.2, 0.25) is 6.82 Å². The minimum Gasteiger partial charge on any atom is -0.427 e. The monoisotopic (exact) mass is 341 g/mol. The molecule has 0 atom stereocenters. The molecule has 0 saturated heterocycles. The minimum absolute atomic E-state index is 0.0787. The van der Waals surface area contributed by atoms with Crippen molar-refractivity contribution in [2.45, 2.75) is 66.4 Å². The molecule has 136 valence electrons. The highest BCUT2D eigenvalue weighted by molar-refractivity contribution is 6.66. The highest BCUT2D eigenvalue weighted by atomic mass is 16.5. The lowest BCUT2D eigenvalue weighted by Crippen LogP contribution is -2.42. The number of benzene rings is 1. The summed E-state index contributed by atoms with van der Waals surface area (Å²) in [6.45, 7) is 19.7. The number of carbonyl (C=O) groups excluding carboxylic acids is 1. The number of amides is 1. The van der Waals surface area contributed by atoms with E-state index in [9.17, 15) is 4.79 Å². The van der Waals surface area contributed by atoms with E-state index < -0.39 is 0 Å². The van der Waals surface area contributed by atoms with Gasteiger partial charge >= 0.3 is 6.92 Å². The van der Waals surface area contributed by atoms with Gasteiger partial charge in [-0.2, -0.15) is 0 Å². The van der Waals surface area contributed by atoms with Crippen molar-refractivity contribution in [1.82, 2.24) is 5.32 Å². The summed E-state index contributed by atoms with van der Waals surface area (Å²) in [5.41, 5.74) is 3.15. The maximum Gasteiger partial charge on any atom is 0.324 e. The number of allylic oxidation sites excluding steroid dienone is 3. The van der Waals surface area contributed by atoms with E-state index in [-0.39, 0.29) is 24.0 Å². The minimum atomic E-state index is -0.285. The quantitative estimate of drug-likeness (QED) is 0.635. The third kappa shape index (κ3) is 7.31. The summed E-state index contributed by atoms with van der Waals surface area (Å²) in [6.07, 6.45) is 3.70. The molecule has 25 heavy (non-hydrogen) atoms. The fourth-order valence-corrected chi connectivity index (χ4v) is 2.53. The van der Waals surface area contributed by atoms with Gasteiger partial charge in [0.1, 0.15) is 0 Å². The van der Waals surface area contributed by atoms with Crippen LogP contribution in [0.15, 0.2) is 36.9 Å². The topological polar surface area (TPSA) is 38.3 Å². The molecular weight excluding hydrogens is 309 g/mol. The summed E-state index contributed by atoms with van der Waals surface area (Å²) in [7, 11) is 0. The maximum atomic E-state index is 12.7. The van der Waals surface area contributed by atoms with Gasteiger partial charge < -0.3 is 9.97 Å². The Morgan fingerprint density at radius 2 is 1.68 bits per heavy atom. The van der Waals surface area contributed by atoms with Crippen molar-refractivity contribution in [2.75, 3.05) is 0 Å². The average Bonchev–Trinajstić information content (AvgIpc) is 2.43. The maximum absolute atomic E-state index is 12.7. The second kappa shape index (κ2) is 8.05. The lowest BCUT2D eigenvalue weighted by molar-refractivity contribution is 0.0919. The van der Waals surface area contributed by atoms with Gasteiger partial charge in [-0.3, -0.25) is 4.79 Å². The highest BCUT2D eigenvalue weighted by Gasteiger charge is 2.23. The molecule has 0 heterocycles. The van der Waals surface area contributed by atoms with Crippen molar-refractivity contribution in [2.24, 2.45) is 0 Å². The zero-order valence-electron chi connectivity index (χ0n) is 17.0. The Morgan fingerprint density at radius 3 is 2.16 bits per heavy atom. The van der Waals surface area contributed by atoms with Crippen LogP contribution < -0.4 is 10.8 Å². The van der Waals surface area contributed by atoms with E-state index in [0.717, 1.165) is 16.6 Å². The van der Waals surface area contributed by atoms with Gasteiger partial charge in [0.25, 0.3) is 5.91 Å². The molecule has 0 fully saturated rings. The molecule has 4 heteroatoms. The lowest BCUT2D eigenvalue weighted by atomic mass is 9.62. The Morgan fingerprint density at radius 1 is 1.12 bits per heavy atom. The molecule has 0 unspecified atom stereocenters. The van der Waals surface area contributed by atoms with E-state index >= 15 is 0 Å². The van der Waals surface area contributed by atoms with Crippen LogP contribution in [-0.4, -0.2) is 24.0 Å². The number of hydrogen-bond donors (Lipinski definition) is 1. The van der Waals surface area contributed by atoms with Crippen LogP contribution in [0.1, 0.15) is 64.4 Å². The van der Waals surface area contributed by atoms with Crippen LogP contribution in [0.25, 0.3) is 5.57 Å². The second-order valence-electron chi connectivity index (χ2n) is 8.51. The molecule has 0 aliphatic carbocycles. The van der Waals surface area contributed by atoms with Crippen molar-refractivity contribution in [3.8, 4) is 0 Å². The van der Waals surface area contributed by atoms with Crippen LogP contribution in [0.3, 0.4) is 0 Å². The lowest BCUT2D eigenvalue weighted by Gasteiger charge is -2.25. The predicted molar refractivity (Wildman–Crippen MR) is 110 cm³/mol. The number of nitrogens with one attached hydrogen (secondary N) is 1. The zero-order chi connectivity index (χ0) is 19.4. The zero-order valence-corrected chi connectivity index (χ0v) is 17.0. The van der Waals surface area contributed by atoms with Crippen LogP contribution in [0.4, 0.5) is 0 Å². The summed E-state index contributed by atoms with van der Waals surface area (Å²) in [5.74, 6) is -0.0787. The molecule has 3 nitrogen and oxygen atoms in total. The first-order valence-electron chi connectivity index (χ1n) is 8.77. The Hall–Kier alpha value is -1.81. The molecule has 0 aliphatic rings. The van der Waals surface area contributed by atoms with Crippen molar-refractivity contribution >= 4 is 23.9 Å². The molecule has 0 radical (unpaired) electrons. The van der Waals surface area contributed by atoms with Crippen molar-refractivity contribution < 1.29 is 9.45 Å². The SMILES string of the molecule is C=C/C=C(\C)c1cc(B(C)OC(C)(C)C)cc(C(=O)NC(C)(C)C)c1. The summed E-state index contributed by atoms with van der Waals surface area (Å²) in [4.78, 5) is 12.7. The van der Waals surface area contributed by atoms with Gasteiger partial charge in [0.15, 0.2) is 0 Å². The number of carbonyl (C=O) groups is 1. The molecule has 0 aliphatic heterocycles. The van der Waals surface area contributed by atoms with E-state index in [1.807, 2.05) is 73.5 Å². The molecule has 1 N–H and O–H groups in total. The second-order valence-corrected chi connectivity index (χ2v) is 8.51. The van der Waals surface area contributed by atoms with Gasteiger partial charge in [-0.25, -0.2) is 0 Å². The Labute approximate surface area is 153 Å². The van der Waals surface area contributed by atoms with Gasteiger partial charge in [0.05, 0.1) is 0 Å². The predicted octanol–water partition coefficient (Wildman–Crippen LogP) is 4.45. The van der Waals surface area contributed by atoms with Crippen molar-refractivity contribution in [1.29, 1.82) is 0 Å². The molecule has 0 saturated carbocycles. The van der Waals surface area contributed by atoms with Gasteiger partial charge in [-0.05, 0) is 71.1 Å². The first kappa shape index (κ1) is 21.2. The van der Waals surface area contributed by atoms with Gasteiger partial charge in [-0.1, -0.05) is 37.7 Å². The van der Waals surface area contributed by atoms with E-state index in [1.54, 1.807) is 6.08 Å². The average molecular weight is 341 g/mol. The van der Waals surface area contributed by atoms with Gasteiger partial charge in [0.2, 0.25) is 0 Å². The van der Waals surface area contributed by atoms with E-state index in [2.05, 4.69) is 18.0 Å². The normalized spacial score (nSPS) is 12.7. The van der Waals surface area contributed by atoms with E-state index in [0.29, 0.717) is 5.56 Å². The summed E-state index contributed by atoms with van der Waals surface area (Å²) >= 11 is 0. The Balaban J connectivity index is 3.35. The molecule has 1 rings (SSSR count). The fourth-order valence-electron chi connectivity index (χ4n) is 2.53. The third-order valence-corrected chi connectivity index (χ3v) is 3.53. The van der Waals surface area contributed by atoms with Crippen molar-refractivity contribution in [3.63, 3.8) is 0 Å². The first-order valence-corrected chi connectivity index (χ1v) is 8.77. The van der Waals surface area contributed by atoms with E-state index in [4.69, 9.17) is 4.65 Å². The molecule has 1 aromatic carbocycles. The van der Waals surface area contributed by atoms with Gasteiger partial charge in [-0.15, -0.1) is 0 Å². The molecular formula is C21H32BNO2. The number of rotatable bonds is 5. The fraction of sp³-hybridized carbons (Fsp3) is 0.476. The molecule has 0 spiro atoms. The standard InChI is InChI=1S/C21H32BNO2/c1-10-11-15(2)16-12-17(19(24)23-20(3,4)5)14-18(13-16)22(9)25-21(6,7)8/h10-14H,1H2,2-9H3,(H,23,24)/b15-11+. The largest absolute Gasteiger partial charge is 0.427 e. The molecule has 0 bridgehead atoms. The van der Waals surface area contributed by atoms with Crippen LogP contribution in [0, 0.1) is 0 Å². The Bertz CT molecular complexity index is 663. The molecule has 0 aromatic heterocycles. The Kier molecular flexibility index (Phi) is 6.84. The smallest absolute Gasteiger partial charge is 0.324 e. The van der Waals surface area contributed by atoms with Crippen molar-refractivity contribution in [3.05, 3.63) is 48.1 Å². The third-order valence-electron chi connectivity index (χ3n) is 3.53. The summed E-state index contributed by atoms with van der Waals surface area (Å²) in [5, 5.41) is 3.03. The highest BCUT2D eigenvalue weighted by Crippen LogP contribution is 2.17. The van der Waals surface area contributed by atoms with Crippen LogP contribution >= 0.6 is 0 Å². The summed E-state index contributed by atoms with van der Waals surface area (Å²) in [6, 6.07) is 5.92. The molecule has 1 amide bonds. The van der Waals surface area contributed by atoms with E-state index in [1.165, 1.54) is 0 Å². The van der Waals surface area contributed by atoms with Crippen LogP contribution in [0.5, 0.6) is 0 Å². The summed E-state index contributed by atoms with van der Waals surface area (Å²) < 4.78 is 6.08. The van der Waals surface area contributed by atoms with Gasteiger partial charge in [0, 0.05) is 16.7 Å². The molecule has 1 aromatic rings. The number of hydrogen-bond acceptors (Lipinski definition) is 2. The first-order chi connectivity index (χ1) is 11.3. The van der Waals surface area contributed by atoms with Crippen LogP contribution in [-0.2, 0) is 4.65 Å².